The average molecular weight is 259 g/mol. The molecule has 0 saturated heterocycles. The van der Waals surface area contributed by atoms with E-state index >= 15 is 0 Å². The van der Waals surface area contributed by atoms with Gasteiger partial charge in [-0.2, -0.15) is 0 Å². The predicted molar refractivity (Wildman–Crippen MR) is 81.7 cm³/mol. The first kappa shape index (κ1) is 11.2. The lowest BCUT2D eigenvalue weighted by Crippen LogP contribution is -1.78. The van der Waals surface area contributed by atoms with Gasteiger partial charge in [0.25, 0.3) is 0 Å². The zero-order valence-corrected chi connectivity index (χ0v) is 11.1. The van der Waals surface area contributed by atoms with Gasteiger partial charge in [-0.15, -0.1) is 0 Å². The van der Waals surface area contributed by atoms with Gasteiger partial charge in [0.2, 0.25) is 0 Å². The van der Waals surface area contributed by atoms with Crippen molar-refractivity contribution in [2.45, 2.75) is 6.92 Å². The van der Waals surface area contributed by atoms with E-state index in [-0.39, 0.29) is 0 Å². The fourth-order valence-electron chi connectivity index (χ4n) is 2.56. The van der Waals surface area contributed by atoms with Gasteiger partial charge in [-0.1, -0.05) is 35.9 Å². The molecule has 2 heteroatoms. The molecular weight excluding hydrogens is 246 g/mol. The molecule has 4 aromatic rings. The van der Waals surface area contributed by atoms with Crippen LogP contribution in [0.5, 0.6) is 0 Å². The van der Waals surface area contributed by atoms with Crippen molar-refractivity contribution in [1.29, 1.82) is 0 Å². The molecule has 0 aliphatic carbocycles. The minimum atomic E-state index is 0.837. The third-order valence-corrected chi connectivity index (χ3v) is 3.66. The van der Waals surface area contributed by atoms with E-state index in [4.69, 9.17) is 4.42 Å². The van der Waals surface area contributed by atoms with E-state index in [2.05, 4.69) is 54.4 Å². The lowest BCUT2D eigenvalue weighted by molar-refractivity contribution is 0.667. The number of nitrogens with zero attached hydrogens (tertiary/aromatic N) is 1. The van der Waals surface area contributed by atoms with Crippen LogP contribution in [-0.2, 0) is 0 Å². The van der Waals surface area contributed by atoms with Crippen LogP contribution in [0.1, 0.15) is 5.56 Å². The summed E-state index contributed by atoms with van der Waals surface area (Å²) < 4.78 is 5.88. The van der Waals surface area contributed by atoms with Crippen LogP contribution >= 0.6 is 0 Å². The maximum absolute atomic E-state index is 5.88. The topological polar surface area (TPSA) is 26.0 Å². The molecule has 0 unspecified atom stereocenters. The number of hydrogen-bond donors (Lipinski definition) is 0. The molecule has 2 heterocycles. The highest BCUT2D eigenvalue weighted by molar-refractivity contribution is 6.05. The second-order valence-corrected chi connectivity index (χ2v) is 5.05. The van der Waals surface area contributed by atoms with Gasteiger partial charge in [0.15, 0.2) is 5.58 Å². The number of rotatable bonds is 1. The van der Waals surface area contributed by atoms with Gasteiger partial charge in [-0.05, 0) is 36.2 Å². The van der Waals surface area contributed by atoms with E-state index in [1.54, 1.807) is 12.4 Å². The molecule has 0 aliphatic heterocycles. The minimum Gasteiger partial charge on any atom is -0.454 e. The van der Waals surface area contributed by atoms with Gasteiger partial charge in [-0.3, -0.25) is 4.98 Å². The molecule has 0 amide bonds. The van der Waals surface area contributed by atoms with Crippen molar-refractivity contribution in [3.8, 4) is 11.1 Å². The largest absolute Gasteiger partial charge is 0.454 e. The average Bonchev–Trinajstić information content (AvgIpc) is 2.85. The number of aromatic nitrogens is 1. The van der Waals surface area contributed by atoms with Crippen molar-refractivity contribution in [2.75, 3.05) is 0 Å². The summed E-state index contributed by atoms with van der Waals surface area (Å²) in [5.74, 6) is 0. The highest BCUT2D eigenvalue weighted by Gasteiger charge is 2.07. The number of furan rings is 1. The molecule has 2 aromatic carbocycles. The number of pyridine rings is 1. The Kier molecular flexibility index (Phi) is 2.36. The molecule has 0 saturated carbocycles. The summed E-state index contributed by atoms with van der Waals surface area (Å²) in [4.78, 5) is 4.10. The predicted octanol–water partition coefficient (Wildman–Crippen LogP) is 4.96. The monoisotopic (exact) mass is 259 g/mol. The zero-order chi connectivity index (χ0) is 13.5. The van der Waals surface area contributed by atoms with Crippen LogP contribution in [0.2, 0.25) is 0 Å². The summed E-state index contributed by atoms with van der Waals surface area (Å²) in [5.41, 5.74) is 5.39. The van der Waals surface area contributed by atoms with Crippen molar-refractivity contribution in [3.63, 3.8) is 0 Å². The van der Waals surface area contributed by atoms with E-state index in [0.29, 0.717) is 0 Å². The summed E-state index contributed by atoms with van der Waals surface area (Å²) in [5, 5.41) is 2.25. The Morgan fingerprint density at radius 2 is 1.55 bits per heavy atom. The molecular formula is C18H13NO. The van der Waals surface area contributed by atoms with E-state index in [0.717, 1.165) is 21.9 Å². The van der Waals surface area contributed by atoms with Gasteiger partial charge >= 0.3 is 0 Å². The van der Waals surface area contributed by atoms with Gasteiger partial charge < -0.3 is 4.42 Å². The summed E-state index contributed by atoms with van der Waals surface area (Å²) in [7, 11) is 0. The Balaban J connectivity index is 1.94. The van der Waals surface area contributed by atoms with Crippen LogP contribution in [0.15, 0.2) is 65.3 Å². The number of fused-ring (bicyclic) bond motifs is 3. The summed E-state index contributed by atoms with van der Waals surface area (Å²) in [6.07, 6.45) is 3.56. The first-order valence-corrected chi connectivity index (χ1v) is 6.64. The molecule has 0 spiro atoms. The van der Waals surface area contributed by atoms with Crippen LogP contribution in [0.25, 0.3) is 33.1 Å². The third-order valence-electron chi connectivity index (χ3n) is 3.66. The lowest BCUT2D eigenvalue weighted by atomic mass is 10.0. The molecule has 0 radical (unpaired) electrons. The Morgan fingerprint density at radius 1 is 0.800 bits per heavy atom. The maximum Gasteiger partial charge on any atom is 0.153 e. The SMILES string of the molecule is Cc1ccc(-c2ccc3c(c2)oc2cnccc23)cc1. The quantitative estimate of drug-likeness (QED) is 0.483. The van der Waals surface area contributed by atoms with Gasteiger partial charge in [0.05, 0.1) is 6.20 Å². The molecule has 20 heavy (non-hydrogen) atoms. The second-order valence-electron chi connectivity index (χ2n) is 5.05. The highest BCUT2D eigenvalue weighted by atomic mass is 16.3. The molecule has 0 fully saturated rings. The van der Waals surface area contributed by atoms with Crippen LogP contribution < -0.4 is 0 Å². The van der Waals surface area contributed by atoms with Gasteiger partial charge in [0, 0.05) is 17.0 Å². The maximum atomic E-state index is 5.88. The first-order valence-electron chi connectivity index (χ1n) is 6.64. The molecule has 4 rings (SSSR count). The van der Waals surface area contributed by atoms with Crippen molar-refractivity contribution >= 4 is 21.9 Å². The van der Waals surface area contributed by atoms with E-state index < -0.39 is 0 Å². The van der Waals surface area contributed by atoms with Crippen LogP contribution in [0, 0.1) is 6.92 Å². The molecule has 2 aromatic heterocycles. The van der Waals surface area contributed by atoms with Crippen molar-refractivity contribution in [1.82, 2.24) is 4.98 Å². The molecule has 0 N–H and O–H groups in total. The number of benzene rings is 2. The fraction of sp³-hybridized carbons (Fsp3) is 0.0556. The number of hydrogen-bond acceptors (Lipinski definition) is 2. The van der Waals surface area contributed by atoms with E-state index in [9.17, 15) is 0 Å². The number of aryl methyl sites for hydroxylation is 1. The lowest BCUT2D eigenvalue weighted by Gasteiger charge is -2.02. The molecule has 0 atom stereocenters. The smallest absolute Gasteiger partial charge is 0.153 e. The van der Waals surface area contributed by atoms with Crippen molar-refractivity contribution < 1.29 is 4.42 Å². The Bertz CT molecular complexity index is 904. The zero-order valence-electron chi connectivity index (χ0n) is 11.1. The minimum absolute atomic E-state index is 0.837. The Labute approximate surface area is 116 Å². The summed E-state index contributed by atoms with van der Waals surface area (Å²) in [6.45, 7) is 2.10. The van der Waals surface area contributed by atoms with Gasteiger partial charge in [-0.25, -0.2) is 0 Å². The summed E-state index contributed by atoms with van der Waals surface area (Å²) >= 11 is 0. The fourth-order valence-corrected chi connectivity index (χ4v) is 2.56. The molecule has 96 valence electrons. The molecule has 0 bridgehead atoms. The van der Waals surface area contributed by atoms with Crippen molar-refractivity contribution in [2.24, 2.45) is 0 Å². The Hall–Kier alpha value is -2.61. The summed E-state index contributed by atoms with van der Waals surface area (Å²) in [6, 6.07) is 16.9. The third kappa shape index (κ3) is 1.69. The molecule has 0 aliphatic rings. The second kappa shape index (κ2) is 4.20. The first-order chi connectivity index (χ1) is 9.81. The van der Waals surface area contributed by atoms with Crippen molar-refractivity contribution in [3.05, 3.63) is 66.5 Å². The van der Waals surface area contributed by atoms with E-state index in [1.807, 2.05) is 6.07 Å². The van der Waals surface area contributed by atoms with Gasteiger partial charge in [0.1, 0.15) is 5.58 Å². The normalized spacial score (nSPS) is 11.2. The van der Waals surface area contributed by atoms with Crippen LogP contribution in [0.3, 0.4) is 0 Å². The van der Waals surface area contributed by atoms with Crippen LogP contribution in [-0.4, -0.2) is 4.98 Å². The molecule has 2 nitrogen and oxygen atoms in total. The van der Waals surface area contributed by atoms with E-state index in [1.165, 1.54) is 16.7 Å². The Morgan fingerprint density at radius 3 is 2.40 bits per heavy atom. The standard InChI is InChI=1S/C18H13NO/c1-12-2-4-13(5-3-12)14-6-7-15-16-8-9-19-11-18(16)20-17(15)10-14/h2-11H,1H3. The highest BCUT2D eigenvalue weighted by Crippen LogP contribution is 2.31. The van der Waals surface area contributed by atoms with Crippen LogP contribution in [0.4, 0.5) is 0 Å².